The van der Waals surface area contributed by atoms with E-state index < -0.39 is 0 Å². The van der Waals surface area contributed by atoms with Crippen molar-refractivity contribution in [3.63, 3.8) is 0 Å². The van der Waals surface area contributed by atoms with E-state index in [0.717, 1.165) is 17.9 Å². The minimum Gasteiger partial charge on any atom is -0.303 e. The van der Waals surface area contributed by atoms with Gasteiger partial charge in [0.2, 0.25) is 0 Å². The minimum atomic E-state index is 0.954. The van der Waals surface area contributed by atoms with E-state index in [1.807, 2.05) is 0 Å². The molecule has 58 valence electrons. The van der Waals surface area contributed by atoms with Crippen molar-refractivity contribution in [2.75, 3.05) is 13.6 Å². The third kappa shape index (κ3) is 0.800. The standard InChI is InChI=1S/C9H17N/c1-7-3-4-9-8(7)5-6-10(9)2/h7-9H,3-6H2,1-2H3. The maximum Gasteiger partial charge on any atom is 0.0124 e. The fraction of sp³-hybridized carbons (Fsp3) is 1.00. The molecule has 0 amide bonds. The Kier molecular flexibility index (Phi) is 1.48. The molecule has 0 aromatic rings. The van der Waals surface area contributed by atoms with Crippen LogP contribution in [0.5, 0.6) is 0 Å². The predicted molar refractivity (Wildman–Crippen MR) is 42.9 cm³/mol. The van der Waals surface area contributed by atoms with Crippen LogP contribution in [0.4, 0.5) is 0 Å². The van der Waals surface area contributed by atoms with E-state index in [9.17, 15) is 0 Å². The first-order valence-corrected chi connectivity index (χ1v) is 4.49. The fourth-order valence-electron chi connectivity index (χ4n) is 2.78. The summed E-state index contributed by atoms with van der Waals surface area (Å²) in [6, 6.07) is 0.954. The summed E-state index contributed by atoms with van der Waals surface area (Å²) >= 11 is 0. The second-order valence-corrected chi connectivity index (χ2v) is 4.06. The lowest BCUT2D eigenvalue weighted by molar-refractivity contribution is 0.285. The summed E-state index contributed by atoms with van der Waals surface area (Å²) in [7, 11) is 2.28. The second kappa shape index (κ2) is 2.23. The quantitative estimate of drug-likeness (QED) is 0.494. The van der Waals surface area contributed by atoms with E-state index in [1.165, 1.54) is 25.8 Å². The van der Waals surface area contributed by atoms with Gasteiger partial charge in [-0.3, -0.25) is 0 Å². The van der Waals surface area contributed by atoms with Gasteiger partial charge in [-0.05, 0) is 44.7 Å². The molecule has 0 N–H and O–H groups in total. The Morgan fingerprint density at radius 2 is 2.00 bits per heavy atom. The first-order valence-electron chi connectivity index (χ1n) is 4.49. The van der Waals surface area contributed by atoms with Crippen LogP contribution >= 0.6 is 0 Å². The van der Waals surface area contributed by atoms with Gasteiger partial charge in [0.1, 0.15) is 0 Å². The Balaban J connectivity index is 2.09. The van der Waals surface area contributed by atoms with Gasteiger partial charge in [-0.2, -0.15) is 0 Å². The normalized spacial score (nSPS) is 48.0. The monoisotopic (exact) mass is 139 g/mol. The number of rotatable bonds is 0. The van der Waals surface area contributed by atoms with E-state index in [4.69, 9.17) is 0 Å². The lowest BCUT2D eigenvalue weighted by Crippen LogP contribution is -2.25. The predicted octanol–water partition coefficient (Wildman–Crippen LogP) is 1.74. The van der Waals surface area contributed by atoms with Crippen molar-refractivity contribution in [1.82, 2.24) is 4.90 Å². The molecule has 3 atom stereocenters. The molecule has 1 heterocycles. The van der Waals surface area contributed by atoms with Crippen LogP contribution in [0.25, 0.3) is 0 Å². The molecular weight excluding hydrogens is 122 g/mol. The van der Waals surface area contributed by atoms with Crippen molar-refractivity contribution in [2.24, 2.45) is 11.8 Å². The molecule has 3 unspecified atom stereocenters. The van der Waals surface area contributed by atoms with Crippen LogP contribution in [-0.4, -0.2) is 24.5 Å². The second-order valence-electron chi connectivity index (χ2n) is 4.06. The van der Waals surface area contributed by atoms with Gasteiger partial charge in [0.05, 0.1) is 0 Å². The van der Waals surface area contributed by atoms with E-state index >= 15 is 0 Å². The topological polar surface area (TPSA) is 3.24 Å². The molecule has 0 radical (unpaired) electrons. The van der Waals surface area contributed by atoms with Crippen LogP contribution < -0.4 is 0 Å². The van der Waals surface area contributed by atoms with E-state index in [1.54, 1.807) is 0 Å². The van der Waals surface area contributed by atoms with Crippen molar-refractivity contribution in [2.45, 2.75) is 32.2 Å². The largest absolute Gasteiger partial charge is 0.303 e. The summed E-state index contributed by atoms with van der Waals surface area (Å²) in [4.78, 5) is 2.55. The Labute approximate surface area is 63.4 Å². The summed E-state index contributed by atoms with van der Waals surface area (Å²) < 4.78 is 0. The highest BCUT2D eigenvalue weighted by molar-refractivity contribution is 4.93. The first-order chi connectivity index (χ1) is 4.79. The van der Waals surface area contributed by atoms with Gasteiger partial charge >= 0.3 is 0 Å². The smallest absolute Gasteiger partial charge is 0.0124 e. The van der Waals surface area contributed by atoms with Gasteiger partial charge in [-0.25, -0.2) is 0 Å². The summed E-state index contributed by atoms with van der Waals surface area (Å²) in [5.74, 6) is 2.06. The molecule has 2 fully saturated rings. The molecule has 1 aliphatic carbocycles. The highest BCUT2D eigenvalue weighted by atomic mass is 15.2. The molecule has 1 heteroatoms. The van der Waals surface area contributed by atoms with Gasteiger partial charge in [0, 0.05) is 6.04 Å². The Hall–Kier alpha value is -0.0400. The van der Waals surface area contributed by atoms with Crippen LogP contribution in [0.3, 0.4) is 0 Å². The maximum absolute atomic E-state index is 2.55. The van der Waals surface area contributed by atoms with Gasteiger partial charge in [-0.15, -0.1) is 0 Å². The highest BCUT2D eigenvalue weighted by Gasteiger charge is 2.39. The number of likely N-dealkylation sites (tertiary alicyclic amines) is 1. The number of hydrogen-bond donors (Lipinski definition) is 0. The Morgan fingerprint density at radius 3 is 2.70 bits per heavy atom. The SMILES string of the molecule is CC1CCC2C1CCN2C. The molecule has 10 heavy (non-hydrogen) atoms. The summed E-state index contributed by atoms with van der Waals surface area (Å²) in [5.41, 5.74) is 0. The van der Waals surface area contributed by atoms with Crippen LogP contribution in [0.1, 0.15) is 26.2 Å². The van der Waals surface area contributed by atoms with Gasteiger partial charge in [0.25, 0.3) is 0 Å². The van der Waals surface area contributed by atoms with Crippen molar-refractivity contribution in [1.29, 1.82) is 0 Å². The third-order valence-electron chi connectivity index (χ3n) is 3.52. The van der Waals surface area contributed by atoms with Gasteiger partial charge in [-0.1, -0.05) is 6.92 Å². The fourth-order valence-corrected chi connectivity index (χ4v) is 2.78. The van der Waals surface area contributed by atoms with Crippen molar-refractivity contribution in [3.05, 3.63) is 0 Å². The van der Waals surface area contributed by atoms with Crippen LogP contribution in [0, 0.1) is 11.8 Å². The van der Waals surface area contributed by atoms with Crippen LogP contribution in [0.2, 0.25) is 0 Å². The zero-order valence-electron chi connectivity index (χ0n) is 7.01. The zero-order chi connectivity index (χ0) is 7.14. The van der Waals surface area contributed by atoms with Crippen LogP contribution in [0.15, 0.2) is 0 Å². The molecule has 1 saturated carbocycles. The van der Waals surface area contributed by atoms with Crippen molar-refractivity contribution in [3.8, 4) is 0 Å². The lowest BCUT2D eigenvalue weighted by atomic mass is 9.95. The highest BCUT2D eigenvalue weighted by Crippen LogP contribution is 2.40. The van der Waals surface area contributed by atoms with Gasteiger partial charge in [0.15, 0.2) is 0 Å². The number of fused-ring (bicyclic) bond motifs is 1. The average molecular weight is 139 g/mol. The minimum absolute atomic E-state index is 0.954. The van der Waals surface area contributed by atoms with Crippen molar-refractivity contribution >= 4 is 0 Å². The molecule has 0 spiro atoms. The van der Waals surface area contributed by atoms with E-state index in [2.05, 4.69) is 18.9 Å². The molecule has 0 bridgehead atoms. The molecule has 0 aromatic heterocycles. The number of hydrogen-bond acceptors (Lipinski definition) is 1. The maximum atomic E-state index is 2.55. The molecule has 1 saturated heterocycles. The van der Waals surface area contributed by atoms with Crippen LogP contribution in [-0.2, 0) is 0 Å². The molecule has 2 aliphatic rings. The summed E-state index contributed by atoms with van der Waals surface area (Å²) in [6.45, 7) is 3.77. The molecule has 1 nitrogen and oxygen atoms in total. The Morgan fingerprint density at radius 1 is 1.20 bits per heavy atom. The third-order valence-corrected chi connectivity index (χ3v) is 3.52. The van der Waals surface area contributed by atoms with E-state index in [-0.39, 0.29) is 0 Å². The first kappa shape index (κ1) is 6.66. The summed E-state index contributed by atoms with van der Waals surface area (Å²) in [5, 5.41) is 0. The number of nitrogens with zero attached hydrogens (tertiary/aromatic N) is 1. The lowest BCUT2D eigenvalue weighted by Gasteiger charge is -2.18. The van der Waals surface area contributed by atoms with E-state index in [0.29, 0.717) is 0 Å². The zero-order valence-corrected chi connectivity index (χ0v) is 7.01. The molecular formula is C9H17N. The molecule has 0 aromatic carbocycles. The van der Waals surface area contributed by atoms with Crippen molar-refractivity contribution < 1.29 is 0 Å². The average Bonchev–Trinajstić information content (AvgIpc) is 2.41. The molecule has 2 rings (SSSR count). The van der Waals surface area contributed by atoms with Gasteiger partial charge < -0.3 is 4.90 Å². The Bertz CT molecular complexity index is 117. The molecule has 1 aliphatic heterocycles. The summed E-state index contributed by atoms with van der Waals surface area (Å²) in [6.07, 6.45) is 4.39.